The van der Waals surface area contributed by atoms with Crippen LogP contribution in [0.25, 0.3) is 0 Å². The first kappa shape index (κ1) is 88.2. The summed E-state index contributed by atoms with van der Waals surface area (Å²) in [6.07, 6.45) is 43.7. The van der Waals surface area contributed by atoms with E-state index in [9.17, 15) is 61.0 Å². The molecule has 0 saturated carbocycles. The smallest absolute Gasteiger partial charge is 0.220 e. The highest BCUT2D eigenvalue weighted by molar-refractivity contribution is 5.76. The molecular weight excluding hydrogens is 1230 g/mol. The average molecular weight is 1370 g/mol. The number of rotatable bonds is 62. The van der Waals surface area contributed by atoms with E-state index in [4.69, 9.17) is 28.4 Å². The van der Waals surface area contributed by atoms with Crippen LogP contribution in [0.4, 0.5) is 0 Å². The Labute approximate surface area is 581 Å². The number of carbonyl (C=O) groups is 1. The second-order valence-corrected chi connectivity index (χ2v) is 28.2. The number of hydrogen-bond acceptors (Lipinski definition) is 18. The minimum Gasteiger partial charge on any atom is -0.394 e. The zero-order valence-electron chi connectivity index (χ0n) is 60.1. The van der Waals surface area contributed by atoms with Gasteiger partial charge in [-0.15, -0.1) is 0 Å². The van der Waals surface area contributed by atoms with Gasteiger partial charge in [-0.2, -0.15) is 0 Å². The van der Waals surface area contributed by atoms with Gasteiger partial charge >= 0.3 is 0 Å². The van der Waals surface area contributed by atoms with E-state index in [1.807, 2.05) is 0 Å². The SMILES string of the molecule is CCCCCCC/C=C\C/C=C\C/C=C\CCCCCCCCCCC(=O)NC(COC1OC(CO)C(OC2OC(CO)C(OC3OC(CO)C(O)C(O)C3O)C(O)C2O)C(O)C1O)C(O)CCCCCCCCCCCCCCCCCCCCCCCCCCCCCC. The Balaban J connectivity index is 1.39. The van der Waals surface area contributed by atoms with Crippen molar-refractivity contribution in [3.63, 3.8) is 0 Å². The third kappa shape index (κ3) is 38.9. The summed E-state index contributed by atoms with van der Waals surface area (Å²) in [5.74, 6) is -0.246. The van der Waals surface area contributed by atoms with E-state index >= 15 is 0 Å². The molecule has 3 saturated heterocycles. The summed E-state index contributed by atoms with van der Waals surface area (Å²) in [6, 6.07) is -0.893. The molecule has 0 aliphatic carbocycles. The van der Waals surface area contributed by atoms with Crippen LogP contribution in [0, 0.1) is 0 Å². The molecule has 3 fully saturated rings. The van der Waals surface area contributed by atoms with E-state index in [1.54, 1.807) is 0 Å². The van der Waals surface area contributed by atoms with Crippen LogP contribution < -0.4 is 5.32 Å². The first-order valence-electron chi connectivity index (χ1n) is 39.2. The maximum absolute atomic E-state index is 13.5. The number of allylic oxidation sites excluding steroid dienone is 6. The van der Waals surface area contributed by atoms with E-state index in [2.05, 4.69) is 55.6 Å². The molecule has 0 spiro atoms. The summed E-state index contributed by atoms with van der Waals surface area (Å²) in [5.41, 5.74) is 0. The Morgan fingerprint density at radius 3 is 1.07 bits per heavy atom. The number of amides is 1. The second-order valence-electron chi connectivity index (χ2n) is 28.2. The van der Waals surface area contributed by atoms with Crippen molar-refractivity contribution in [3.05, 3.63) is 36.5 Å². The zero-order chi connectivity index (χ0) is 69.6. The molecule has 17 atom stereocenters. The van der Waals surface area contributed by atoms with Crippen LogP contribution in [0.15, 0.2) is 36.5 Å². The lowest BCUT2D eigenvalue weighted by Gasteiger charge is -2.48. The van der Waals surface area contributed by atoms with Crippen LogP contribution in [0.3, 0.4) is 0 Å². The zero-order valence-corrected chi connectivity index (χ0v) is 60.1. The molecule has 0 aromatic heterocycles. The topological polar surface area (TPSA) is 307 Å². The molecule has 12 N–H and O–H groups in total. The fourth-order valence-corrected chi connectivity index (χ4v) is 13.4. The third-order valence-corrected chi connectivity index (χ3v) is 19.7. The van der Waals surface area contributed by atoms with Crippen LogP contribution in [0.5, 0.6) is 0 Å². The quantitative estimate of drug-likeness (QED) is 0.0199. The third-order valence-electron chi connectivity index (χ3n) is 19.7. The Morgan fingerprint density at radius 1 is 0.375 bits per heavy atom. The number of carbonyl (C=O) groups excluding carboxylic acids is 1. The first-order valence-corrected chi connectivity index (χ1v) is 39.2. The van der Waals surface area contributed by atoms with Crippen molar-refractivity contribution >= 4 is 5.91 Å². The van der Waals surface area contributed by atoms with Gasteiger partial charge in [0.25, 0.3) is 0 Å². The van der Waals surface area contributed by atoms with Gasteiger partial charge in [0.2, 0.25) is 5.91 Å². The van der Waals surface area contributed by atoms with Gasteiger partial charge < -0.3 is 89.9 Å². The maximum atomic E-state index is 13.5. The number of ether oxygens (including phenoxy) is 6. The van der Waals surface area contributed by atoms with Crippen LogP contribution in [0.1, 0.15) is 316 Å². The summed E-state index contributed by atoms with van der Waals surface area (Å²) in [4.78, 5) is 13.5. The predicted molar refractivity (Wildman–Crippen MR) is 379 cm³/mol. The molecule has 0 radical (unpaired) electrons. The lowest BCUT2D eigenvalue weighted by molar-refractivity contribution is -0.379. The summed E-state index contributed by atoms with van der Waals surface area (Å²) >= 11 is 0. The summed E-state index contributed by atoms with van der Waals surface area (Å²) in [5, 5.41) is 121. The molecule has 3 heterocycles. The van der Waals surface area contributed by atoms with Crippen molar-refractivity contribution in [2.24, 2.45) is 0 Å². The van der Waals surface area contributed by atoms with Crippen LogP contribution in [0.2, 0.25) is 0 Å². The van der Waals surface area contributed by atoms with Gasteiger partial charge in [0.05, 0.1) is 38.6 Å². The van der Waals surface area contributed by atoms with Crippen molar-refractivity contribution in [2.45, 2.75) is 420 Å². The Bertz CT molecular complexity index is 1880. The first-order chi connectivity index (χ1) is 46.8. The van der Waals surface area contributed by atoms with Gasteiger partial charge in [-0.3, -0.25) is 4.79 Å². The maximum Gasteiger partial charge on any atom is 0.220 e. The van der Waals surface area contributed by atoms with Crippen LogP contribution in [-0.2, 0) is 33.2 Å². The van der Waals surface area contributed by atoms with Crippen molar-refractivity contribution < 1.29 is 89.4 Å². The molecule has 564 valence electrons. The lowest BCUT2D eigenvalue weighted by Crippen LogP contribution is -2.66. The summed E-state index contributed by atoms with van der Waals surface area (Å²) < 4.78 is 34.5. The van der Waals surface area contributed by atoms with Crippen molar-refractivity contribution in [2.75, 3.05) is 26.4 Å². The largest absolute Gasteiger partial charge is 0.394 e. The number of unbranched alkanes of at least 4 members (excludes halogenated alkanes) is 40. The Hall–Kier alpha value is -1.99. The van der Waals surface area contributed by atoms with Crippen molar-refractivity contribution in [1.29, 1.82) is 0 Å². The second kappa shape index (κ2) is 58.5. The number of hydrogen-bond donors (Lipinski definition) is 12. The highest BCUT2D eigenvalue weighted by Crippen LogP contribution is 2.33. The van der Waals surface area contributed by atoms with E-state index in [1.165, 1.54) is 212 Å². The molecule has 17 unspecified atom stereocenters. The minimum absolute atomic E-state index is 0.246. The highest BCUT2D eigenvalue weighted by Gasteiger charge is 2.54. The fourth-order valence-electron chi connectivity index (χ4n) is 13.4. The van der Waals surface area contributed by atoms with Gasteiger partial charge in [0, 0.05) is 6.42 Å². The molecule has 96 heavy (non-hydrogen) atoms. The molecule has 3 aliphatic rings. The van der Waals surface area contributed by atoms with Crippen LogP contribution >= 0.6 is 0 Å². The van der Waals surface area contributed by atoms with E-state index in [-0.39, 0.29) is 18.9 Å². The molecule has 0 bridgehead atoms. The molecule has 3 aliphatic heterocycles. The Morgan fingerprint density at radius 2 is 0.688 bits per heavy atom. The minimum atomic E-state index is -1.97. The molecule has 0 aromatic carbocycles. The predicted octanol–water partition coefficient (Wildman–Crippen LogP) is 12.3. The van der Waals surface area contributed by atoms with Gasteiger partial charge in [0.15, 0.2) is 18.9 Å². The molecule has 19 nitrogen and oxygen atoms in total. The number of aliphatic hydroxyl groups excluding tert-OH is 11. The Kier molecular flexibility index (Phi) is 53.8. The van der Waals surface area contributed by atoms with Gasteiger partial charge in [-0.1, -0.05) is 294 Å². The molecule has 19 heteroatoms. The standard InChI is InChI=1S/C77H143NO18/c1-3-5-7-9-11-13-15-17-19-21-23-25-27-28-29-30-31-33-34-36-38-40-42-44-46-48-50-52-54-61(82)60(78-65(83)55-53-51-49-47-45-43-41-39-37-35-32-26-24-22-20-18-16-14-12-10-8-6-4-2)59-91-75-71(89)68(86)73(63(57-80)93-75)96-77-72(90)69(87)74(64(58-81)94-77)95-76-70(88)67(85)66(84)62(56-79)92-76/h16,18,22,24,32,35,60-64,66-77,79-82,84-90H,3-15,17,19-21,23,25-31,33-34,36-59H2,1-2H3,(H,78,83)/b18-16-,24-22-,35-32-. The van der Waals surface area contributed by atoms with E-state index in [0.29, 0.717) is 12.8 Å². The fraction of sp³-hybridized carbons (Fsp3) is 0.909. The van der Waals surface area contributed by atoms with Gasteiger partial charge in [-0.05, 0) is 51.4 Å². The normalized spacial score (nSPS) is 27.2. The van der Waals surface area contributed by atoms with Crippen LogP contribution in [-0.4, -0.2) is 193 Å². The van der Waals surface area contributed by atoms with Crippen molar-refractivity contribution in [3.8, 4) is 0 Å². The van der Waals surface area contributed by atoms with E-state index < -0.39 is 124 Å². The monoisotopic (exact) mass is 1370 g/mol. The van der Waals surface area contributed by atoms with Gasteiger partial charge in [-0.25, -0.2) is 0 Å². The molecular formula is C77H143NO18. The number of aliphatic hydroxyl groups is 11. The van der Waals surface area contributed by atoms with Gasteiger partial charge in [0.1, 0.15) is 73.2 Å². The van der Waals surface area contributed by atoms with E-state index in [0.717, 1.165) is 70.6 Å². The summed E-state index contributed by atoms with van der Waals surface area (Å²) in [7, 11) is 0. The average Bonchev–Trinajstić information content (AvgIpc) is 0.788. The molecule has 0 aromatic rings. The highest BCUT2D eigenvalue weighted by atomic mass is 16.8. The number of nitrogens with one attached hydrogen (secondary N) is 1. The lowest BCUT2D eigenvalue weighted by atomic mass is 9.96. The molecule has 1 amide bonds. The summed E-state index contributed by atoms with van der Waals surface area (Å²) in [6.45, 7) is 1.83. The van der Waals surface area contributed by atoms with Crippen molar-refractivity contribution in [1.82, 2.24) is 5.32 Å². The molecule has 3 rings (SSSR count).